The lowest BCUT2D eigenvalue weighted by molar-refractivity contribution is -0.130. The van der Waals surface area contributed by atoms with Crippen molar-refractivity contribution in [1.82, 2.24) is 10.2 Å². The molecule has 1 fully saturated rings. The fourth-order valence-corrected chi connectivity index (χ4v) is 3.05. The zero-order valence-electron chi connectivity index (χ0n) is 16.9. The molecule has 0 saturated heterocycles. The highest BCUT2D eigenvalue weighted by Crippen LogP contribution is 2.21. The van der Waals surface area contributed by atoms with Crippen LogP contribution in [0, 0.1) is 6.92 Å². The predicted octanol–water partition coefficient (Wildman–Crippen LogP) is 4.36. The number of hydrogen-bond donors (Lipinski definition) is 1. The summed E-state index contributed by atoms with van der Waals surface area (Å²) in [5.41, 5.74) is 2.62. The molecular weight excluding hydrogens is 388 g/mol. The molecule has 3 rings (SSSR count). The summed E-state index contributed by atoms with van der Waals surface area (Å²) in [5, 5.41) is 3.69. The average Bonchev–Trinajstić information content (AvgIpc) is 3.52. The molecule has 0 unspecified atom stereocenters. The van der Waals surface area contributed by atoms with Crippen molar-refractivity contribution in [2.75, 3.05) is 13.7 Å². The van der Waals surface area contributed by atoms with Gasteiger partial charge in [-0.2, -0.15) is 0 Å². The number of benzene rings is 2. The van der Waals surface area contributed by atoms with Crippen molar-refractivity contribution >= 4 is 23.4 Å². The van der Waals surface area contributed by atoms with Gasteiger partial charge in [-0.05, 0) is 67.6 Å². The topological polar surface area (TPSA) is 58.6 Å². The summed E-state index contributed by atoms with van der Waals surface area (Å²) in [6.07, 6.45) is 3.21. The zero-order chi connectivity index (χ0) is 20.8. The molecule has 0 heterocycles. The summed E-state index contributed by atoms with van der Waals surface area (Å²) < 4.78 is 5.69. The zero-order valence-corrected chi connectivity index (χ0v) is 17.7. The van der Waals surface area contributed by atoms with E-state index in [4.69, 9.17) is 16.3 Å². The van der Waals surface area contributed by atoms with Crippen LogP contribution in [0.3, 0.4) is 0 Å². The van der Waals surface area contributed by atoms with Crippen LogP contribution in [0.1, 0.15) is 47.2 Å². The molecule has 0 aromatic heterocycles. The number of carbonyl (C=O) groups is 2. The van der Waals surface area contributed by atoms with E-state index in [2.05, 4.69) is 5.32 Å². The molecule has 2 aromatic rings. The molecule has 0 aliphatic heterocycles. The minimum absolute atomic E-state index is 0.0284. The van der Waals surface area contributed by atoms with E-state index < -0.39 is 0 Å². The first-order valence-electron chi connectivity index (χ1n) is 9.95. The Morgan fingerprint density at radius 2 is 1.90 bits per heavy atom. The van der Waals surface area contributed by atoms with Crippen LogP contribution >= 0.6 is 11.6 Å². The van der Waals surface area contributed by atoms with Gasteiger partial charge in [-0.3, -0.25) is 9.59 Å². The van der Waals surface area contributed by atoms with Gasteiger partial charge in [0.25, 0.3) is 5.91 Å². The van der Waals surface area contributed by atoms with Crippen molar-refractivity contribution in [1.29, 1.82) is 0 Å². The second-order valence-electron chi connectivity index (χ2n) is 7.56. The third-order valence-electron chi connectivity index (χ3n) is 4.91. The Bertz CT molecular complexity index is 863. The molecule has 0 radical (unpaired) electrons. The Kier molecular flexibility index (Phi) is 7.15. The molecule has 1 aliphatic carbocycles. The monoisotopic (exact) mass is 414 g/mol. The normalized spacial score (nSPS) is 13.1. The minimum atomic E-state index is -0.0284. The summed E-state index contributed by atoms with van der Waals surface area (Å²) in [6, 6.07) is 13.3. The molecule has 5 nitrogen and oxygen atoms in total. The maximum absolute atomic E-state index is 12.3. The van der Waals surface area contributed by atoms with Crippen LogP contribution in [0.25, 0.3) is 0 Å². The van der Waals surface area contributed by atoms with Crippen LogP contribution in [-0.2, 0) is 11.3 Å². The van der Waals surface area contributed by atoms with E-state index in [9.17, 15) is 9.59 Å². The molecule has 6 heteroatoms. The molecule has 1 aliphatic rings. The Hall–Kier alpha value is -2.53. The summed E-state index contributed by atoms with van der Waals surface area (Å²) in [6.45, 7) is 2.92. The maximum atomic E-state index is 12.3. The van der Waals surface area contributed by atoms with Crippen molar-refractivity contribution in [3.05, 3.63) is 64.2 Å². The highest BCUT2D eigenvalue weighted by molar-refractivity contribution is 6.31. The van der Waals surface area contributed by atoms with Crippen LogP contribution in [0.2, 0.25) is 5.02 Å². The molecule has 154 valence electrons. The average molecular weight is 415 g/mol. The SMILES string of the molecule is Cc1cc(OCCCC(=O)N(C)Cc2ccc(C(=O)NC3CC3)cc2)ccc1Cl. The molecule has 0 bridgehead atoms. The maximum Gasteiger partial charge on any atom is 0.251 e. The van der Waals surface area contributed by atoms with E-state index in [1.165, 1.54) is 0 Å². The lowest BCUT2D eigenvalue weighted by Gasteiger charge is -2.17. The standard InChI is InChI=1S/C23H27ClN2O3/c1-16-14-20(11-12-21(16)24)29-13-3-4-22(27)26(2)15-17-5-7-18(8-6-17)23(28)25-19-9-10-19/h5-8,11-12,14,19H,3-4,9-10,13,15H2,1-2H3,(H,25,28). The Labute approximate surface area is 177 Å². The molecule has 29 heavy (non-hydrogen) atoms. The lowest BCUT2D eigenvalue weighted by atomic mass is 10.1. The first kappa shape index (κ1) is 21.2. The van der Waals surface area contributed by atoms with E-state index in [-0.39, 0.29) is 11.8 Å². The highest BCUT2D eigenvalue weighted by Gasteiger charge is 2.23. The number of amides is 2. The van der Waals surface area contributed by atoms with Crippen LogP contribution in [0.15, 0.2) is 42.5 Å². The number of rotatable bonds is 9. The van der Waals surface area contributed by atoms with E-state index in [1.807, 2.05) is 49.4 Å². The van der Waals surface area contributed by atoms with E-state index in [1.54, 1.807) is 11.9 Å². The van der Waals surface area contributed by atoms with Gasteiger partial charge in [0.05, 0.1) is 6.61 Å². The van der Waals surface area contributed by atoms with E-state index >= 15 is 0 Å². The largest absolute Gasteiger partial charge is 0.494 e. The van der Waals surface area contributed by atoms with Gasteiger partial charge in [0.1, 0.15) is 5.75 Å². The van der Waals surface area contributed by atoms with Crippen molar-refractivity contribution < 1.29 is 14.3 Å². The van der Waals surface area contributed by atoms with Crippen LogP contribution in [0.5, 0.6) is 5.75 Å². The molecule has 0 atom stereocenters. The Balaban J connectivity index is 1.39. The van der Waals surface area contributed by atoms with Gasteiger partial charge in [0, 0.05) is 36.6 Å². The van der Waals surface area contributed by atoms with E-state index in [0.29, 0.717) is 42.6 Å². The fourth-order valence-electron chi connectivity index (χ4n) is 2.93. The third-order valence-corrected chi connectivity index (χ3v) is 5.33. The van der Waals surface area contributed by atoms with Crippen molar-refractivity contribution in [2.45, 2.75) is 45.2 Å². The van der Waals surface area contributed by atoms with Crippen LogP contribution < -0.4 is 10.1 Å². The van der Waals surface area contributed by atoms with Gasteiger partial charge in [0.2, 0.25) is 5.91 Å². The molecule has 2 aromatic carbocycles. The smallest absolute Gasteiger partial charge is 0.251 e. The summed E-state index contributed by atoms with van der Waals surface area (Å²) in [4.78, 5) is 26.1. The first-order valence-corrected chi connectivity index (χ1v) is 10.3. The molecular formula is C23H27ClN2O3. The highest BCUT2D eigenvalue weighted by atomic mass is 35.5. The lowest BCUT2D eigenvalue weighted by Crippen LogP contribution is -2.27. The van der Waals surface area contributed by atoms with Crippen LogP contribution in [-0.4, -0.2) is 36.4 Å². The fraction of sp³-hybridized carbons (Fsp3) is 0.391. The van der Waals surface area contributed by atoms with Crippen molar-refractivity contribution in [3.8, 4) is 5.75 Å². The number of carbonyl (C=O) groups excluding carboxylic acids is 2. The second kappa shape index (κ2) is 9.79. The minimum Gasteiger partial charge on any atom is -0.494 e. The predicted molar refractivity (Wildman–Crippen MR) is 114 cm³/mol. The van der Waals surface area contributed by atoms with E-state index in [0.717, 1.165) is 29.7 Å². The van der Waals surface area contributed by atoms with Gasteiger partial charge in [0.15, 0.2) is 0 Å². The third kappa shape index (κ3) is 6.50. The van der Waals surface area contributed by atoms with Gasteiger partial charge in [-0.15, -0.1) is 0 Å². The Morgan fingerprint density at radius 1 is 1.17 bits per heavy atom. The Morgan fingerprint density at radius 3 is 2.55 bits per heavy atom. The number of nitrogens with one attached hydrogen (secondary N) is 1. The summed E-state index contributed by atoms with van der Waals surface area (Å²) in [5.74, 6) is 0.800. The number of hydrogen-bond acceptors (Lipinski definition) is 3. The number of ether oxygens (including phenoxy) is 1. The molecule has 1 saturated carbocycles. The number of halogens is 1. The summed E-state index contributed by atoms with van der Waals surface area (Å²) in [7, 11) is 1.79. The second-order valence-corrected chi connectivity index (χ2v) is 7.96. The summed E-state index contributed by atoms with van der Waals surface area (Å²) >= 11 is 6.01. The number of aryl methyl sites for hydroxylation is 1. The molecule has 1 N–H and O–H groups in total. The van der Waals surface area contributed by atoms with Crippen LogP contribution in [0.4, 0.5) is 0 Å². The van der Waals surface area contributed by atoms with Gasteiger partial charge < -0.3 is 15.0 Å². The number of nitrogens with zero attached hydrogens (tertiary/aromatic N) is 1. The molecule has 0 spiro atoms. The first-order chi connectivity index (χ1) is 13.9. The molecule has 2 amide bonds. The van der Waals surface area contributed by atoms with Crippen molar-refractivity contribution in [2.24, 2.45) is 0 Å². The van der Waals surface area contributed by atoms with Gasteiger partial charge >= 0.3 is 0 Å². The van der Waals surface area contributed by atoms with Gasteiger partial charge in [-0.25, -0.2) is 0 Å². The van der Waals surface area contributed by atoms with Crippen molar-refractivity contribution in [3.63, 3.8) is 0 Å². The quantitative estimate of drug-likeness (QED) is 0.620. The van der Waals surface area contributed by atoms with Gasteiger partial charge in [-0.1, -0.05) is 23.7 Å².